The van der Waals surface area contributed by atoms with Crippen molar-refractivity contribution in [2.24, 2.45) is 0 Å². The number of hydrogen-bond donors (Lipinski definition) is 0. The molecule has 0 bridgehead atoms. The van der Waals surface area contributed by atoms with Gasteiger partial charge in [-0.05, 0) is 0 Å². The largest absolute Gasteiger partial charge is 0.466 e. The van der Waals surface area contributed by atoms with E-state index in [-0.39, 0.29) is 17.9 Å². The Morgan fingerprint density at radius 2 is 2.00 bits per heavy atom. The van der Waals surface area contributed by atoms with Crippen molar-refractivity contribution < 1.29 is 19.1 Å². The first kappa shape index (κ1) is 11.7. The topological polar surface area (TPSA) is 55.8 Å². The third-order valence-electron chi connectivity index (χ3n) is 2.20. The minimum atomic E-state index is -0.531. The monoisotopic (exact) mass is 213 g/mol. The van der Waals surface area contributed by atoms with Crippen LogP contribution in [0.15, 0.2) is 12.2 Å². The van der Waals surface area contributed by atoms with Gasteiger partial charge in [0, 0.05) is 18.7 Å². The number of ether oxygens (including phenoxy) is 2. The molecule has 0 radical (unpaired) electrons. The minimum absolute atomic E-state index is 0.0205. The average molecular weight is 213 g/mol. The van der Waals surface area contributed by atoms with Crippen molar-refractivity contribution in [3.05, 3.63) is 12.2 Å². The van der Waals surface area contributed by atoms with Crippen LogP contribution in [-0.2, 0) is 19.1 Å². The molecule has 1 heterocycles. The zero-order chi connectivity index (χ0) is 11.3. The fraction of sp³-hybridized carbons (Fsp3) is 0.600. The number of esters is 1. The van der Waals surface area contributed by atoms with Crippen molar-refractivity contribution in [2.75, 3.05) is 33.4 Å². The number of rotatable bonds is 3. The second kappa shape index (κ2) is 5.50. The zero-order valence-electron chi connectivity index (χ0n) is 8.82. The molecule has 1 aliphatic rings. The molecule has 0 aromatic rings. The van der Waals surface area contributed by atoms with E-state index in [0.29, 0.717) is 26.3 Å². The van der Waals surface area contributed by atoms with Gasteiger partial charge in [0.05, 0.1) is 26.7 Å². The molecule has 0 aromatic carbocycles. The van der Waals surface area contributed by atoms with Crippen LogP contribution in [0, 0.1) is 0 Å². The smallest absolute Gasteiger partial charge is 0.333 e. The lowest BCUT2D eigenvalue weighted by molar-refractivity contribution is -0.140. The average Bonchev–Trinajstić information content (AvgIpc) is 2.29. The van der Waals surface area contributed by atoms with E-state index < -0.39 is 5.97 Å². The number of carbonyl (C=O) groups excluding carboxylic acids is 2. The molecular formula is C10H15NO4. The van der Waals surface area contributed by atoms with E-state index >= 15 is 0 Å². The van der Waals surface area contributed by atoms with E-state index in [1.807, 2.05) is 0 Å². The third kappa shape index (κ3) is 3.36. The zero-order valence-corrected chi connectivity index (χ0v) is 8.82. The number of hydrogen-bond acceptors (Lipinski definition) is 4. The summed E-state index contributed by atoms with van der Waals surface area (Å²) in [5.74, 6) is -0.634. The summed E-state index contributed by atoms with van der Waals surface area (Å²) >= 11 is 0. The first-order valence-corrected chi connectivity index (χ1v) is 4.76. The van der Waals surface area contributed by atoms with Gasteiger partial charge in [-0.3, -0.25) is 4.79 Å². The van der Waals surface area contributed by atoms with Crippen LogP contribution in [0.25, 0.3) is 0 Å². The van der Waals surface area contributed by atoms with Gasteiger partial charge in [-0.25, -0.2) is 4.79 Å². The van der Waals surface area contributed by atoms with E-state index in [4.69, 9.17) is 4.74 Å². The summed E-state index contributed by atoms with van der Waals surface area (Å²) in [6, 6.07) is 0. The maximum atomic E-state index is 11.6. The Morgan fingerprint density at radius 1 is 1.40 bits per heavy atom. The van der Waals surface area contributed by atoms with Crippen molar-refractivity contribution in [3.63, 3.8) is 0 Å². The van der Waals surface area contributed by atoms with Crippen LogP contribution in [0.5, 0.6) is 0 Å². The third-order valence-corrected chi connectivity index (χ3v) is 2.20. The first-order chi connectivity index (χ1) is 7.15. The van der Waals surface area contributed by atoms with Gasteiger partial charge in [0.15, 0.2) is 0 Å². The predicted octanol–water partition coefficient (Wildman–Crippen LogP) is -0.0355. The van der Waals surface area contributed by atoms with Crippen LogP contribution in [0.2, 0.25) is 0 Å². The molecule has 5 nitrogen and oxygen atoms in total. The summed E-state index contributed by atoms with van der Waals surface area (Å²) in [6.45, 7) is 5.76. The van der Waals surface area contributed by atoms with Crippen molar-refractivity contribution >= 4 is 11.9 Å². The molecule has 1 rings (SSSR count). The second-order valence-corrected chi connectivity index (χ2v) is 3.27. The van der Waals surface area contributed by atoms with Crippen molar-refractivity contribution in [1.29, 1.82) is 0 Å². The molecule has 0 spiro atoms. The Bertz CT molecular complexity index is 269. The van der Waals surface area contributed by atoms with Gasteiger partial charge < -0.3 is 14.4 Å². The van der Waals surface area contributed by atoms with E-state index in [0.717, 1.165) is 0 Å². The lowest BCUT2D eigenvalue weighted by Gasteiger charge is -2.26. The van der Waals surface area contributed by atoms with Gasteiger partial charge in [0.1, 0.15) is 0 Å². The first-order valence-electron chi connectivity index (χ1n) is 4.76. The van der Waals surface area contributed by atoms with Crippen LogP contribution < -0.4 is 0 Å². The highest BCUT2D eigenvalue weighted by Gasteiger charge is 2.19. The lowest BCUT2D eigenvalue weighted by atomic mass is 10.2. The van der Waals surface area contributed by atoms with Crippen molar-refractivity contribution in [3.8, 4) is 0 Å². The highest BCUT2D eigenvalue weighted by atomic mass is 16.5. The Labute approximate surface area is 88.6 Å². The molecule has 5 heteroatoms. The molecule has 1 fully saturated rings. The fourth-order valence-corrected chi connectivity index (χ4v) is 1.32. The standard InChI is InChI=1S/C10H15NO4/c1-8(10(13)14-2)7-9(12)11-3-5-15-6-4-11/h1,3-7H2,2H3. The van der Waals surface area contributed by atoms with Crippen LogP contribution in [0.1, 0.15) is 6.42 Å². The van der Waals surface area contributed by atoms with Crippen LogP contribution >= 0.6 is 0 Å². The second-order valence-electron chi connectivity index (χ2n) is 3.27. The molecule has 0 aliphatic carbocycles. The lowest BCUT2D eigenvalue weighted by Crippen LogP contribution is -2.41. The SMILES string of the molecule is C=C(CC(=O)N1CCOCC1)C(=O)OC. The molecule has 1 aliphatic heterocycles. The molecule has 84 valence electrons. The van der Waals surface area contributed by atoms with Crippen LogP contribution in [0.4, 0.5) is 0 Å². The van der Waals surface area contributed by atoms with Gasteiger partial charge in [0.25, 0.3) is 0 Å². The number of morpholine rings is 1. The van der Waals surface area contributed by atoms with E-state index in [2.05, 4.69) is 11.3 Å². The summed E-state index contributed by atoms with van der Waals surface area (Å²) in [7, 11) is 1.27. The number of carbonyl (C=O) groups is 2. The number of amides is 1. The van der Waals surface area contributed by atoms with Gasteiger partial charge in [-0.1, -0.05) is 6.58 Å². The number of methoxy groups -OCH3 is 1. The summed E-state index contributed by atoms with van der Waals surface area (Å²) in [6.07, 6.45) is 0.0205. The molecule has 0 N–H and O–H groups in total. The Balaban J connectivity index is 2.40. The molecule has 1 amide bonds. The molecule has 0 atom stereocenters. The number of nitrogens with zero attached hydrogens (tertiary/aromatic N) is 1. The maximum Gasteiger partial charge on any atom is 0.333 e. The van der Waals surface area contributed by atoms with Crippen molar-refractivity contribution in [1.82, 2.24) is 4.90 Å². The molecule has 15 heavy (non-hydrogen) atoms. The van der Waals surface area contributed by atoms with E-state index in [1.165, 1.54) is 7.11 Å². The highest BCUT2D eigenvalue weighted by molar-refractivity contribution is 5.94. The maximum absolute atomic E-state index is 11.6. The minimum Gasteiger partial charge on any atom is -0.466 e. The van der Waals surface area contributed by atoms with Gasteiger partial charge in [0.2, 0.25) is 5.91 Å². The van der Waals surface area contributed by atoms with Gasteiger partial charge in [-0.2, -0.15) is 0 Å². The van der Waals surface area contributed by atoms with Gasteiger partial charge in [-0.15, -0.1) is 0 Å². The Morgan fingerprint density at radius 3 is 2.53 bits per heavy atom. The van der Waals surface area contributed by atoms with E-state index in [1.54, 1.807) is 4.90 Å². The highest BCUT2D eigenvalue weighted by Crippen LogP contribution is 2.06. The Kier molecular flexibility index (Phi) is 4.30. The summed E-state index contributed by atoms with van der Waals surface area (Å²) < 4.78 is 9.58. The molecule has 0 unspecified atom stereocenters. The van der Waals surface area contributed by atoms with Crippen LogP contribution in [-0.4, -0.2) is 50.2 Å². The Hall–Kier alpha value is -1.36. The predicted molar refractivity (Wildman–Crippen MR) is 53.2 cm³/mol. The molecule has 1 saturated heterocycles. The molecular weight excluding hydrogens is 198 g/mol. The van der Waals surface area contributed by atoms with Gasteiger partial charge >= 0.3 is 5.97 Å². The summed E-state index contributed by atoms with van der Waals surface area (Å²) in [4.78, 5) is 24.3. The van der Waals surface area contributed by atoms with Crippen molar-refractivity contribution in [2.45, 2.75) is 6.42 Å². The van der Waals surface area contributed by atoms with E-state index in [9.17, 15) is 9.59 Å². The molecule has 0 aromatic heterocycles. The fourth-order valence-electron chi connectivity index (χ4n) is 1.32. The molecule has 0 saturated carbocycles. The quantitative estimate of drug-likeness (QED) is 0.488. The normalized spacial score (nSPS) is 15.9. The summed E-state index contributed by atoms with van der Waals surface area (Å²) in [5.41, 5.74) is 0.189. The van der Waals surface area contributed by atoms with Crippen LogP contribution in [0.3, 0.4) is 0 Å². The summed E-state index contributed by atoms with van der Waals surface area (Å²) in [5, 5.41) is 0.